The first kappa shape index (κ1) is 22.8. The van der Waals surface area contributed by atoms with E-state index in [0.717, 1.165) is 16.7 Å². The lowest BCUT2D eigenvalue weighted by Gasteiger charge is -2.28. The Morgan fingerprint density at radius 1 is 1.20 bits per heavy atom. The van der Waals surface area contributed by atoms with Crippen molar-refractivity contribution in [1.29, 1.82) is 0 Å². The molecule has 0 aromatic heterocycles. The van der Waals surface area contributed by atoms with Crippen LogP contribution in [0.3, 0.4) is 0 Å². The lowest BCUT2D eigenvalue weighted by molar-refractivity contribution is -0.139. The minimum absolute atomic E-state index is 0.188. The molecule has 1 aromatic carbocycles. The van der Waals surface area contributed by atoms with Gasteiger partial charge in [0.15, 0.2) is 6.61 Å². The molecule has 30 heavy (non-hydrogen) atoms. The number of ether oxygens (including phenoxy) is 2. The molecular formula is C18H16Br2N2O7S. The molecule has 2 fully saturated rings. The van der Waals surface area contributed by atoms with Crippen LogP contribution >= 0.6 is 43.6 Å². The summed E-state index contributed by atoms with van der Waals surface area (Å²) in [5.74, 6) is -1.64. The van der Waals surface area contributed by atoms with Gasteiger partial charge in [-0.2, -0.15) is 0 Å². The number of carboxylic acids is 1. The number of morpholine rings is 1. The van der Waals surface area contributed by atoms with Gasteiger partial charge < -0.3 is 19.5 Å². The zero-order valence-electron chi connectivity index (χ0n) is 15.4. The van der Waals surface area contributed by atoms with Gasteiger partial charge in [0.2, 0.25) is 5.91 Å². The molecule has 3 amide bonds. The van der Waals surface area contributed by atoms with Crippen molar-refractivity contribution in [3.05, 3.63) is 31.5 Å². The maximum atomic E-state index is 12.7. The summed E-state index contributed by atoms with van der Waals surface area (Å²) >= 11 is 7.37. The van der Waals surface area contributed by atoms with Gasteiger partial charge in [0, 0.05) is 13.1 Å². The molecule has 0 unspecified atom stereocenters. The molecule has 2 heterocycles. The Hall–Kier alpha value is -1.89. The van der Waals surface area contributed by atoms with Crippen molar-refractivity contribution in [1.82, 2.24) is 9.80 Å². The van der Waals surface area contributed by atoms with Gasteiger partial charge in [0.05, 0.1) is 27.1 Å². The van der Waals surface area contributed by atoms with Crippen LogP contribution in [0, 0.1) is 0 Å². The smallest absolute Gasteiger partial charge is 0.341 e. The molecule has 2 aliphatic rings. The van der Waals surface area contributed by atoms with E-state index in [2.05, 4.69) is 31.9 Å². The van der Waals surface area contributed by atoms with Gasteiger partial charge in [-0.3, -0.25) is 19.3 Å². The number of hydrogen-bond acceptors (Lipinski definition) is 7. The second kappa shape index (κ2) is 9.94. The monoisotopic (exact) mass is 562 g/mol. The topological polar surface area (TPSA) is 113 Å². The van der Waals surface area contributed by atoms with Crippen LogP contribution in [-0.4, -0.2) is 77.4 Å². The first-order valence-corrected chi connectivity index (χ1v) is 11.1. The summed E-state index contributed by atoms with van der Waals surface area (Å²) in [6, 6.07) is 3.27. The number of thioether (sulfide) groups is 1. The Morgan fingerprint density at radius 3 is 2.43 bits per heavy atom. The highest BCUT2D eigenvalue weighted by Gasteiger charge is 2.37. The number of carbonyl (C=O) groups is 4. The van der Waals surface area contributed by atoms with E-state index in [1.807, 2.05) is 0 Å². The van der Waals surface area contributed by atoms with Crippen LogP contribution in [0.5, 0.6) is 5.75 Å². The summed E-state index contributed by atoms with van der Waals surface area (Å²) in [5.41, 5.74) is 0.585. The van der Waals surface area contributed by atoms with E-state index in [9.17, 15) is 19.2 Å². The van der Waals surface area contributed by atoms with Crippen molar-refractivity contribution < 1.29 is 33.8 Å². The summed E-state index contributed by atoms with van der Waals surface area (Å²) in [4.78, 5) is 50.7. The molecule has 0 radical (unpaired) electrons. The van der Waals surface area contributed by atoms with E-state index >= 15 is 0 Å². The number of imide groups is 1. The van der Waals surface area contributed by atoms with Gasteiger partial charge in [0.1, 0.15) is 12.3 Å². The summed E-state index contributed by atoms with van der Waals surface area (Å²) in [6.45, 7) is 0.920. The van der Waals surface area contributed by atoms with Crippen LogP contribution < -0.4 is 4.74 Å². The molecule has 0 saturated carbocycles. The third-order valence-corrected chi connectivity index (χ3v) is 6.27. The van der Waals surface area contributed by atoms with Gasteiger partial charge in [-0.1, -0.05) is 0 Å². The zero-order chi connectivity index (χ0) is 21.8. The molecule has 0 atom stereocenters. The highest BCUT2D eigenvalue weighted by molar-refractivity contribution is 9.11. The van der Waals surface area contributed by atoms with Crippen molar-refractivity contribution in [2.45, 2.75) is 0 Å². The van der Waals surface area contributed by atoms with Crippen molar-refractivity contribution in [3.8, 4) is 5.75 Å². The molecule has 0 bridgehead atoms. The fourth-order valence-corrected chi connectivity index (χ4v) is 5.06. The Labute approximate surface area is 192 Å². The number of amides is 3. The fourth-order valence-electron chi connectivity index (χ4n) is 2.77. The fraction of sp³-hybridized carbons (Fsp3) is 0.333. The average molecular weight is 564 g/mol. The molecule has 1 aromatic rings. The number of carboxylic acid groups (broad SMARTS) is 1. The van der Waals surface area contributed by atoms with Crippen LogP contribution in [0.2, 0.25) is 0 Å². The summed E-state index contributed by atoms with van der Waals surface area (Å²) in [6.07, 6.45) is 1.53. The van der Waals surface area contributed by atoms with Crippen molar-refractivity contribution in [3.63, 3.8) is 0 Å². The van der Waals surface area contributed by atoms with Crippen molar-refractivity contribution in [2.75, 3.05) is 39.5 Å². The van der Waals surface area contributed by atoms with Crippen molar-refractivity contribution >= 4 is 72.7 Å². The second-order valence-corrected chi connectivity index (χ2v) is 8.96. The van der Waals surface area contributed by atoms with E-state index in [0.29, 0.717) is 46.6 Å². The van der Waals surface area contributed by atoms with E-state index in [4.69, 9.17) is 14.6 Å². The number of hydrogen-bond donors (Lipinski definition) is 1. The van der Waals surface area contributed by atoms with E-state index < -0.39 is 23.7 Å². The largest absolute Gasteiger partial charge is 0.480 e. The molecule has 2 aliphatic heterocycles. The zero-order valence-corrected chi connectivity index (χ0v) is 19.4. The Morgan fingerprint density at radius 2 is 1.83 bits per heavy atom. The highest BCUT2D eigenvalue weighted by Crippen LogP contribution is 2.37. The van der Waals surface area contributed by atoms with Crippen LogP contribution in [0.4, 0.5) is 4.79 Å². The van der Waals surface area contributed by atoms with Gasteiger partial charge >= 0.3 is 5.97 Å². The molecule has 9 nitrogen and oxygen atoms in total. The van der Waals surface area contributed by atoms with Crippen LogP contribution in [0.25, 0.3) is 6.08 Å². The Balaban J connectivity index is 1.73. The minimum atomic E-state index is -1.11. The highest BCUT2D eigenvalue weighted by atomic mass is 79.9. The van der Waals surface area contributed by atoms with Gasteiger partial charge in [0.25, 0.3) is 11.1 Å². The van der Waals surface area contributed by atoms with Crippen LogP contribution in [0.1, 0.15) is 5.56 Å². The van der Waals surface area contributed by atoms with E-state index in [1.165, 1.54) is 6.08 Å². The molecule has 0 aliphatic carbocycles. The molecule has 2 saturated heterocycles. The van der Waals surface area contributed by atoms with Crippen LogP contribution in [0.15, 0.2) is 26.0 Å². The molecular weight excluding hydrogens is 548 g/mol. The molecule has 160 valence electrons. The molecule has 1 N–H and O–H groups in total. The predicted octanol–water partition coefficient (Wildman–Crippen LogP) is 2.57. The van der Waals surface area contributed by atoms with E-state index in [1.54, 1.807) is 17.0 Å². The first-order chi connectivity index (χ1) is 14.3. The van der Waals surface area contributed by atoms with Gasteiger partial charge in [-0.15, -0.1) is 0 Å². The Bertz CT molecular complexity index is 908. The lowest BCUT2D eigenvalue weighted by atomic mass is 10.2. The summed E-state index contributed by atoms with van der Waals surface area (Å²) < 4.78 is 11.4. The molecule has 3 rings (SSSR count). The van der Waals surface area contributed by atoms with E-state index in [-0.39, 0.29) is 17.4 Å². The number of aliphatic carboxylic acids is 1. The van der Waals surface area contributed by atoms with Crippen LogP contribution in [-0.2, 0) is 19.1 Å². The molecule has 0 spiro atoms. The average Bonchev–Trinajstić information content (AvgIpc) is 2.95. The maximum absolute atomic E-state index is 12.7. The quantitative estimate of drug-likeness (QED) is 0.525. The van der Waals surface area contributed by atoms with Gasteiger partial charge in [-0.25, -0.2) is 4.79 Å². The SMILES string of the molecule is O=C(O)COc1c(Br)cc(/C=C2/SC(=O)N(CC(=O)N3CCOCC3)C2=O)cc1Br. The number of nitrogens with zero attached hydrogens (tertiary/aromatic N) is 2. The minimum Gasteiger partial charge on any atom is -0.480 e. The summed E-state index contributed by atoms with van der Waals surface area (Å²) in [5, 5.41) is 8.24. The number of carbonyl (C=O) groups excluding carboxylic acids is 3. The predicted molar refractivity (Wildman–Crippen MR) is 115 cm³/mol. The molecule has 12 heteroatoms. The standard InChI is InChI=1S/C18H16Br2N2O7S/c19-11-5-10(6-12(20)16(11)29-9-15(24)25)7-13-17(26)22(18(27)30-13)8-14(23)21-1-3-28-4-2-21/h5-7H,1-4,8-9H2,(H,24,25)/b13-7+. The first-order valence-electron chi connectivity index (χ1n) is 8.71. The lowest BCUT2D eigenvalue weighted by Crippen LogP contribution is -2.46. The maximum Gasteiger partial charge on any atom is 0.341 e. The Kier molecular flexibility index (Phi) is 7.55. The van der Waals surface area contributed by atoms with Gasteiger partial charge in [-0.05, 0) is 67.4 Å². The normalized spacial score (nSPS) is 18.3. The summed E-state index contributed by atoms with van der Waals surface area (Å²) in [7, 11) is 0. The number of benzene rings is 1. The third kappa shape index (κ3) is 5.42. The number of rotatable bonds is 6. The van der Waals surface area contributed by atoms with Crippen molar-refractivity contribution in [2.24, 2.45) is 0 Å². The number of halogens is 2. The second-order valence-electron chi connectivity index (χ2n) is 6.26. The third-order valence-electron chi connectivity index (χ3n) is 4.19.